The van der Waals surface area contributed by atoms with Crippen molar-refractivity contribution in [3.05, 3.63) is 59.7 Å². The lowest BCUT2D eigenvalue weighted by Crippen LogP contribution is -2.40. The summed E-state index contributed by atoms with van der Waals surface area (Å²) in [6.45, 7) is 2.87. The fraction of sp³-hybridized carbons (Fsp3) is 0.333. The molecule has 0 saturated carbocycles. The lowest BCUT2D eigenvalue weighted by molar-refractivity contribution is 0.0696. The number of piperidine rings is 1. The Morgan fingerprint density at radius 1 is 1.07 bits per heavy atom. The van der Waals surface area contributed by atoms with Gasteiger partial charge in [-0.2, -0.15) is 4.31 Å². The van der Waals surface area contributed by atoms with Gasteiger partial charge in [0.2, 0.25) is 10.0 Å². The highest BCUT2D eigenvalue weighted by Crippen LogP contribution is 2.27. The van der Waals surface area contributed by atoms with Crippen molar-refractivity contribution < 1.29 is 27.9 Å². The zero-order chi connectivity index (χ0) is 21.0. The molecule has 0 aliphatic carbocycles. The Hall–Kier alpha value is -2.71. The summed E-state index contributed by atoms with van der Waals surface area (Å²) in [7, 11) is -3.80. The zero-order valence-corrected chi connectivity index (χ0v) is 16.9. The number of ether oxygens (including phenoxy) is 1. The molecule has 1 aliphatic heterocycles. The van der Waals surface area contributed by atoms with Crippen LogP contribution < -0.4 is 4.74 Å². The van der Waals surface area contributed by atoms with Gasteiger partial charge in [0.15, 0.2) is 5.78 Å². The van der Waals surface area contributed by atoms with Gasteiger partial charge >= 0.3 is 5.97 Å². The number of hydrogen-bond acceptors (Lipinski definition) is 5. The maximum absolute atomic E-state index is 12.8. The summed E-state index contributed by atoms with van der Waals surface area (Å²) in [5, 5.41) is 9.08. The van der Waals surface area contributed by atoms with Crippen LogP contribution >= 0.6 is 0 Å². The molecule has 3 rings (SSSR count). The number of carbonyl (C=O) groups excluding carboxylic acids is 1. The smallest absolute Gasteiger partial charge is 0.335 e. The van der Waals surface area contributed by atoms with Crippen LogP contribution in [0, 0.1) is 5.92 Å². The van der Waals surface area contributed by atoms with E-state index in [1.807, 2.05) is 6.92 Å². The van der Waals surface area contributed by atoms with E-state index < -0.39 is 16.0 Å². The van der Waals surface area contributed by atoms with Gasteiger partial charge in [0.05, 0.1) is 17.1 Å². The van der Waals surface area contributed by atoms with Gasteiger partial charge in [-0.25, -0.2) is 13.2 Å². The first-order chi connectivity index (χ1) is 13.8. The van der Waals surface area contributed by atoms with Gasteiger partial charge in [-0.1, -0.05) is 6.07 Å². The van der Waals surface area contributed by atoms with Crippen LogP contribution in [0.25, 0.3) is 0 Å². The van der Waals surface area contributed by atoms with Crippen LogP contribution in [0.2, 0.25) is 0 Å². The zero-order valence-electron chi connectivity index (χ0n) is 16.1. The lowest BCUT2D eigenvalue weighted by Gasteiger charge is -2.30. The molecule has 1 saturated heterocycles. The minimum absolute atomic E-state index is 0.00188. The van der Waals surface area contributed by atoms with Crippen LogP contribution in [0.15, 0.2) is 53.4 Å². The number of carbonyl (C=O) groups is 2. The fourth-order valence-electron chi connectivity index (χ4n) is 3.41. The summed E-state index contributed by atoms with van der Waals surface area (Å²) < 4.78 is 32.4. The second-order valence-electron chi connectivity index (χ2n) is 6.83. The molecule has 0 spiro atoms. The number of ketones is 1. The Bertz CT molecular complexity index is 992. The summed E-state index contributed by atoms with van der Waals surface area (Å²) in [6, 6.07) is 12.3. The molecular weight excluding hydrogens is 394 g/mol. The Morgan fingerprint density at radius 3 is 2.31 bits per heavy atom. The standard InChI is InChI=1S/C21H23NO6S/c1-2-28-18-8-6-15(7-9-18)20(23)16-10-12-22(13-11-16)29(26,27)19-5-3-4-17(14-19)21(24)25/h3-9,14,16H,2,10-13H2,1H3,(H,24,25). The predicted octanol–water partition coefficient (Wildman–Crippen LogP) is 3.07. The van der Waals surface area contributed by atoms with Crippen molar-refractivity contribution in [3.8, 4) is 5.75 Å². The molecule has 2 aromatic carbocycles. The molecular formula is C21H23NO6S. The minimum atomic E-state index is -3.80. The first-order valence-electron chi connectivity index (χ1n) is 9.43. The van der Waals surface area contributed by atoms with E-state index in [-0.39, 0.29) is 35.2 Å². The molecule has 0 bridgehead atoms. The van der Waals surface area contributed by atoms with E-state index in [4.69, 9.17) is 9.84 Å². The lowest BCUT2D eigenvalue weighted by atomic mass is 9.89. The molecule has 0 atom stereocenters. The summed E-state index contributed by atoms with van der Waals surface area (Å²) >= 11 is 0. The second-order valence-corrected chi connectivity index (χ2v) is 8.77. The molecule has 0 radical (unpaired) electrons. The molecule has 1 aliphatic rings. The van der Waals surface area contributed by atoms with E-state index in [1.165, 1.54) is 22.5 Å². The van der Waals surface area contributed by atoms with Crippen LogP contribution in [-0.4, -0.2) is 49.3 Å². The number of Topliss-reactive ketones (excluding diaryl/α,β-unsaturated/α-hetero) is 1. The Balaban J connectivity index is 1.67. The number of hydrogen-bond donors (Lipinski definition) is 1. The van der Waals surface area contributed by atoms with Crippen molar-refractivity contribution in [2.75, 3.05) is 19.7 Å². The Labute approximate surface area is 170 Å². The van der Waals surface area contributed by atoms with Crippen molar-refractivity contribution in [1.29, 1.82) is 0 Å². The maximum atomic E-state index is 12.8. The van der Waals surface area contributed by atoms with E-state index in [0.29, 0.717) is 30.8 Å². The highest BCUT2D eigenvalue weighted by molar-refractivity contribution is 7.89. The molecule has 0 amide bonds. The van der Waals surface area contributed by atoms with Crippen LogP contribution in [0.5, 0.6) is 5.75 Å². The highest BCUT2D eigenvalue weighted by atomic mass is 32.2. The van der Waals surface area contributed by atoms with Gasteiger partial charge in [0, 0.05) is 24.6 Å². The third kappa shape index (κ3) is 4.65. The molecule has 7 nitrogen and oxygen atoms in total. The SMILES string of the molecule is CCOc1ccc(C(=O)C2CCN(S(=O)(=O)c3cccc(C(=O)O)c3)CC2)cc1. The molecule has 0 aromatic heterocycles. The number of nitrogens with zero attached hydrogens (tertiary/aromatic N) is 1. The number of carboxylic acid groups (broad SMARTS) is 1. The number of sulfonamides is 1. The molecule has 29 heavy (non-hydrogen) atoms. The predicted molar refractivity (Wildman–Crippen MR) is 107 cm³/mol. The largest absolute Gasteiger partial charge is 0.494 e. The first-order valence-corrected chi connectivity index (χ1v) is 10.9. The molecule has 8 heteroatoms. The van der Waals surface area contributed by atoms with Gasteiger partial charge in [-0.15, -0.1) is 0 Å². The van der Waals surface area contributed by atoms with E-state index in [0.717, 1.165) is 6.07 Å². The quantitative estimate of drug-likeness (QED) is 0.695. The molecule has 154 valence electrons. The molecule has 1 N–H and O–H groups in total. The summed E-state index contributed by atoms with van der Waals surface area (Å²) in [5.41, 5.74) is 0.510. The third-order valence-electron chi connectivity index (χ3n) is 4.99. The average molecular weight is 417 g/mol. The summed E-state index contributed by atoms with van der Waals surface area (Å²) in [6.07, 6.45) is 0.841. The van der Waals surface area contributed by atoms with E-state index in [2.05, 4.69) is 0 Å². The molecule has 0 unspecified atom stereocenters. The van der Waals surface area contributed by atoms with Gasteiger partial charge in [-0.05, 0) is 62.2 Å². The summed E-state index contributed by atoms with van der Waals surface area (Å²) in [4.78, 5) is 23.8. The summed E-state index contributed by atoms with van der Waals surface area (Å²) in [5.74, 6) is -0.724. The van der Waals surface area contributed by atoms with Crippen LogP contribution in [-0.2, 0) is 10.0 Å². The minimum Gasteiger partial charge on any atom is -0.494 e. The van der Waals surface area contributed by atoms with Crippen LogP contribution in [0.4, 0.5) is 0 Å². The molecule has 1 fully saturated rings. The number of carboxylic acids is 1. The Morgan fingerprint density at radius 2 is 1.72 bits per heavy atom. The fourth-order valence-corrected chi connectivity index (χ4v) is 4.93. The second kappa shape index (κ2) is 8.75. The number of benzene rings is 2. The first kappa shape index (κ1) is 21.0. The molecule has 2 aromatic rings. The normalized spacial score (nSPS) is 15.8. The van der Waals surface area contributed by atoms with Gasteiger partial charge in [-0.3, -0.25) is 4.79 Å². The number of rotatable bonds is 7. The molecule has 1 heterocycles. The third-order valence-corrected chi connectivity index (χ3v) is 6.89. The van der Waals surface area contributed by atoms with Gasteiger partial charge in [0.1, 0.15) is 5.75 Å². The van der Waals surface area contributed by atoms with Crippen LogP contribution in [0.1, 0.15) is 40.5 Å². The number of aromatic carboxylic acids is 1. The van der Waals surface area contributed by atoms with E-state index >= 15 is 0 Å². The Kier molecular flexibility index (Phi) is 6.34. The van der Waals surface area contributed by atoms with Crippen molar-refractivity contribution in [2.24, 2.45) is 5.92 Å². The van der Waals surface area contributed by atoms with Gasteiger partial charge in [0.25, 0.3) is 0 Å². The van der Waals surface area contributed by atoms with Crippen molar-refractivity contribution in [3.63, 3.8) is 0 Å². The van der Waals surface area contributed by atoms with Crippen LogP contribution in [0.3, 0.4) is 0 Å². The topological polar surface area (TPSA) is 101 Å². The maximum Gasteiger partial charge on any atom is 0.335 e. The highest BCUT2D eigenvalue weighted by Gasteiger charge is 2.32. The van der Waals surface area contributed by atoms with Crippen molar-refractivity contribution in [2.45, 2.75) is 24.7 Å². The van der Waals surface area contributed by atoms with Gasteiger partial charge < -0.3 is 9.84 Å². The monoisotopic (exact) mass is 417 g/mol. The van der Waals surface area contributed by atoms with E-state index in [9.17, 15) is 18.0 Å². The average Bonchev–Trinajstić information content (AvgIpc) is 2.74. The van der Waals surface area contributed by atoms with Crippen molar-refractivity contribution >= 4 is 21.8 Å². The van der Waals surface area contributed by atoms with Crippen molar-refractivity contribution in [1.82, 2.24) is 4.31 Å². The van der Waals surface area contributed by atoms with E-state index in [1.54, 1.807) is 24.3 Å².